The zero-order valence-corrected chi connectivity index (χ0v) is 17.5. The summed E-state index contributed by atoms with van der Waals surface area (Å²) >= 11 is 3.60. The van der Waals surface area contributed by atoms with Crippen molar-refractivity contribution in [1.82, 2.24) is 9.88 Å². The van der Waals surface area contributed by atoms with E-state index in [1.165, 1.54) is 27.7 Å². The van der Waals surface area contributed by atoms with Crippen LogP contribution in [0.4, 0.5) is 0 Å². The highest BCUT2D eigenvalue weighted by atomic mass is 79.9. The second kappa shape index (κ2) is 6.78. The summed E-state index contributed by atoms with van der Waals surface area (Å²) in [4.78, 5) is 6.24. The molecule has 3 nitrogen and oxygen atoms in total. The Kier molecular flexibility index (Phi) is 4.37. The van der Waals surface area contributed by atoms with Crippen LogP contribution in [0.5, 0.6) is 5.75 Å². The smallest absolute Gasteiger partial charge is 0.115 e. The highest BCUT2D eigenvalue weighted by Gasteiger charge is 2.47. The summed E-state index contributed by atoms with van der Waals surface area (Å²) in [5, 5.41) is 11.5. The van der Waals surface area contributed by atoms with Crippen molar-refractivity contribution in [3.05, 3.63) is 76.4 Å². The summed E-state index contributed by atoms with van der Waals surface area (Å²) in [6, 6.07) is 14.5. The Hall–Kier alpha value is -2.04. The number of aromatic nitrogens is 1. The molecule has 1 aromatic heterocycles. The maximum Gasteiger partial charge on any atom is 0.115 e. The lowest BCUT2D eigenvalue weighted by Gasteiger charge is -2.51. The number of hydrogen-bond donors (Lipinski definition) is 2. The van der Waals surface area contributed by atoms with Crippen LogP contribution < -0.4 is 0 Å². The molecular weight excluding hydrogens is 412 g/mol. The number of piperidine rings is 1. The number of aromatic hydroxyl groups is 1. The molecule has 3 aromatic rings. The van der Waals surface area contributed by atoms with Gasteiger partial charge in [0.15, 0.2) is 0 Å². The molecule has 4 heteroatoms. The average Bonchev–Trinajstić information content (AvgIpc) is 3.02. The van der Waals surface area contributed by atoms with Crippen LogP contribution in [0.25, 0.3) is 10.9 Å². The summed E-state index contributed by atoms with van der Waals surface area (Å²) in [7, 11) is 0. The molecule has 1 saturated heterocycles. The number of hydrogen-bond acceptors (Lipinski definition) is 2. The quantitative estimate of drug-likeness (QED) is 0.555. The van der Waals surface area contributed by atoms with Crippen molar-refractivity contribution in [2.75, 3.05) is 19.6 Å². The molecule has 28 heavy (non-hydrogen) atoms. The summed E-state index contributed by atoms with van der Waals surface area (Å²) in [6.07, 6.45) is 5.19. The van der Waals surface area contributed by atoms with Gasteiger partial charge < -0.3 is 10.1 Å². The molecule has 1 aliphatic heterocycles. The first-order chi connectivity index (χ1) is 13.6. The number of halogens is 1. The summed E-state index contributed by atoms with van der Waals surface area (Å²) in [6.45, 7) is 7.03. The third-order valence-electron chi connectivity index (χ3n) is 6.84. The second-order valence-electron chi connectivity index (χ2n) is 8.35. The van der Waals surface area contributed by atoms with Crippen LogP contribution in [0.1, 0.15) is 23.2 Å². The lowest BCUT2D eigenvalue weighted by molar-refractivity contribution is 0.0896. The van der Waals surface area contributed by atoms with Gasteiger partial charge in [-0.1, -0.05) is 40.2 Å². The van der Waals surface area contributed by atoms with Crippen LogP contribution in [0.3, 0.4) is 0 Å². The molecule has 0 amide bonds. The van der Waals surface area contributed by atoms with Crippen molar-refractivity contribution in [1.29, 1.82) is 0 Å². The first-order valence-corrected chi connectivity index (χ1v) is 10.8. The van der Waals surface area contributed by atoms with Crippen molar-refractivity contribution in [3.8, 4) is 5.75 Å². The van der Waals surface area contributed by atoms with Crippen LogP contribution in [0.15, 0.2) is 59.6 Å². The standard InChI is InChI=1S/C24H25BrN2O/c1-2-9-27-10-8-24(16-4-3-5-19(28)11-16)14-23-21(12-17(24)15-27)20-7-6-18(25)13-22(20)26-23/h2-7,11,13,17,26,28H,1,8-10,12,14-15H2. The number of phenolic OH excluding ortho intramolecular Hbond substituents is 1. The van der Waals surface area contributed by atoms with E-state index in [2.05, 4.69) is 56.7 Å². The first kappa shape index (κ1) is 18.0. The van der Waals surface area contributed by atoms with Gasteiger partial charge in [-0.2, -0.15) is 0 Å². The maximum absolute atomic E-state index is 10.2. The van der Waals surface area contributed by atoms with Crippen LogP contribution in [0.2, 0.25) is 0 Å². The number of aromatic amines is 1. The molecule has 1 aliphatic carbocycles. The number of nitrogens with zero attached hydrogens (tertiary/aromatic N) is 1. The minimum absolute atomic E-state index is 0.0710. The van der Waals surface area contributed by atoms with E-state index in [1.807, 2.05) is 18.2 Å². The molecular formula is C24H25BrN2O. The monoisotopic (exact) mass is 436 g/mol. The van der Waals surface area contributed by atoms with Gasteiger partial charge in [0.25, 0.3) is 0 Å². The molecule has 2 aliphatic rings. The number of rotatable bonds is 3. The third kappa shape index (κ3) is 2.82. The fourth-order valence-corrected chi connectivity index (χ4v) is 5.87. The molecule has 2 N–H and O–H groups in total. The van der Waals surface area contributed by atoms with E-state index >= 15 is 0 Å². The Morgan fingerprint density at radius 1 is 1.29 bits per heavy atom. The number of likely N-dealkylation sites (tertiary alicyclic amines) is 1. The molecule has 2 atom stereocenters. The number of benzene rings is 2. The van der Waals surface area contributed by atoms with Crippen LogP contribution >= 0.6 is 15.9 Å². The SMILES string of the molecule is C=CCN1CCC2(c3cccc(O)c3)Cc3[nH]c4cc(Br)ccc4c3CC2C1. The van der Waals surface area contributed by atoms with E-state index in [9.17, 15) is 5.11 Å². The predicted molar refractivity (Wildman–Crippen MR) is 118 cm³/mol. The Bertz CT molecular complexity index is 1060. The van der Waals surface area contributed by atoms with E-state index in [0.717, 1.165) is 43.4 Å². The number of phenols is 1. The third-order valence-corrected chi connectivity index (χ3v) is 7.34. The van der Waals surface area contributed by atoms with Crippen molar-refractivity contribution < 1.29 is 5.11 Å². The Morgan fingerprint density at radius 3 is 3.00 bits per heavy atom. The molecule has 5 rings (SSSR count). The Labute approximate surface area is 174 Å². The van der Waals surface area contributed by atoms with Crippen molar-refractivity contribution in [2.45, 2.75) is 24.7 Å². The zero-order chi connectivity index (χ0) is 19.3. The minimum Gasteiger partial charge on any atom is -0.508 e. The van der Waals surface area contributed by atoms with E-state index < -0.39 is 0 Å². The molecule has 2 heterocycles. The van der Waals surface area contributed by atoms with E-state index in [4.69, 9.17) is 0 Å². The van der Waals surface area contributed by atoms with E-state index in [1.54, 1.807) is 6.07 Å². The molecule has 2 aromatic carbocycles. The normalized spacial score (nSPS) is 24.7. The maximum atomic E-state index is 10.2. The van der Waals surface area contributed by atoms with Gasteiger partial charge in [0.05, 0.1) is 0 Å². The minimum atomic E-state index is 0.0710. The Balaban J connectivity index is 1.64. The molecule has 1 fully saturated rings. The molecule has 0 saturated carbocycles. The fraction of sp³-hybridized carbons (Fsp3) is 0.333. The largest absolute Gasteiger partial charge is 0.508 e. The summed E-state index contributed by atoms with van der Waals surface area (Å²) < 4.78 is 1.11. The molecule has 144 valence electrons. The number of H-pyrrole nitrogens is 1. The predicted octanol–water partition coefficient (Wildman–Crippen LogP) is 5.18. The molecule has 0 radical (unpaired) electrons. The first-order valence-electron chi connectivity index (χ1n) is 10.0. The highest BCUT2D eigenvalue weighted by molar-refractivity contribution is 9.10. The Morgan fingerprint density at radius 2 is 2.18 bits per heavy atom. The van der Waals surface area contributed by atoms with Crippen LogP contribution in [0, 0.1) is 5.92 Å². The summed E-state index contributed by atoms with van der Waals surface area (Å²) in [5.74, 6) is 0.892. The van der Waals surface area contributed by atoms with Crippen LogP contribution in [-0.4, -0.2) is 34.6 Å². The summed E-state index contributed by atoms with van der Waals surface area (Å²) in [5.41, 5.74) is 5.41. The van der Waals surface area contributed by atoms with Gasteiger partial charge in [0.1, 0.15) is 5.75 Å². The average molecular weight is 437 g/mol. The van der Waals surface area contributed by atoms with E-state index in [0.29, 0.717) is 11.7 Å². The lowest BCUT2D eigenvalue weighted by Crippen LogP contribution is -2.53. The molecule has 2 unspecified atom stereocenters. The number of nitrogens with one attached hydrogen (secondary N) is 1. The van der Waals surface area contributed by atoms with Gasteiger partial charge >= 0.3 is 0 Å². The number of fused-ring (bicyclic) bond motifs is 4. The lowest BCUT2D eigenvalue weighted by atomic mass is 9.58. The van der Waals surface area contributed by atoms with Crippen LogP contribution in [-0.2, 0) is 18.3 Å². The van der Waals surface area contributed by atoms with Gasteiger partial charge in [-0.25, -0.2) is 0 Å². The highest BCUT2D eigenvalue weighted by Crippen LogP contribution is 2.49. The zero-order valence-electron chi connectivity index (χ0n) is 15.9. The van der Waals surface area contributed by atoms with Crippen molar-refractivity contribution in [3.63, 3.8) is 0 Å². The van der Waals surface area contributed by atoms with Gasteiger partial charge in [0, 0.05) is 39.6 Å². The topological polar surface area (TPSA) is 39.3 Å². The van der Waals surface area contributed by atoms with Gasteiger partial charge in [-0.15, -0.1) is 6.58 Å². The second-order valence-corrected chi connectivity index (χ2v) is 9.27. The fourth-order valence-electron chi connectivity index (χ4n) is 5.51. The van der Waals surface area contributed by atoms with Crippen molar-refractivity contribution in [2.24, 2.45) is 5.92 Å². The van der Waals surface area contributed by atoms with Gasteiger partial charge in [-0.05, 0) is 67.1 Å². The molecule has 0 spiro atoms. The van der Waals surface area contributed by atoms with Crippen molar-refractivity contribution >= 4 is 26.8 Å². The van der Waals surface area contributed by atoms with E-state index in [-0.39, 0.29) is 5.41 Å². The molecule has 0 bridgehead atoms. The van der Waals surface area contributed by atoms with Gasteiger partial charge in [0.2, 0.25) is 0 Å². The van der Waals surface area contributed by atoms with Gasteiger partial charge in [-0.3, -0.25) is 4.90 Å².